The Balaban J connectivity index is 2.58. The first-order valence-electron chi connectivity index (χ1n) is 4.72. The zero-order chi connectivity index (χ0) is 11.0. The average Bonchev–Trinajstić information content (AvgIpc) is 2.59. The Kier molecular flexibility index (Phi) is 2.32. The smallest absolute Gasteiger partial charge is 0.252 e. The first-order chi connectivity index (χ1) is 7.13. The van der Waals surface area contributed by atoms with Gasteiger partial charge in [-0.2, -0.15) is 0 Å². The van der Waals surface area contributed by atoms with Gasteiger partial charge in [0.1, 0.15) is 5.82 Å². The fraction of sp³-hybridized carbons (Fsp3) is 0.400. The molecule has 1 aromatic rings. The van der Waals surface area contributed by atoms with Gasteiger partial charge in [-0.1, -0.05) is 0 Å². The van der Waals surface area contributed by atoms with E-state index < -0.39 is 0 Å². The molecule has 0 fully saturated rings. The number of aromatic nitrogens is 1. The van der Waals surface area contributed by atoms with Gasteiger partial charge in [-0.05, 0) is 6.07 Å². The van der Waals surface area contributed by atoms with E-state index in [4.69, 9.17) is 0 Å². The summed E-state index contributed by atoms with van der Waals surface area (Å²) in [6, 6.07) is 1.75. The maximum Gasteiger partial charge on any atom is 0.252 e. The zero-order valence-electron chi connectivity index (χ0n) is 8.74. The van der Waals surface area contributed by atoms with Crippen molar-refractivity contribution in [3.05, 3.63) is 22.9 Å². The molecule has 0 bridgehead atoms. The maximum atomic E-state index is 11.5. The average molecular weight is 207 g/mol. The summed E-state index contributed by atoms with van der Waals surface area (Å²) in [5, 5.41) is 11.9. The van der Waals surface area contributed by atoms with Crippen LogP contribution in [0.4, 0.5) is 5.82 Å². The zero-order valence-corrected chi connectivity index (χ0v) is 8.74. The number of aliphatic hydroxyl groups excluding tert-OH is 1. The van der Waals surface area contributed by atoms with Crippen LogP contribution in [0.5, 0.6) is 0 Å². The van der Waals surface area contributed by atoms with E-state index in [1.165, 1.54) is 0 Å². The lowest BCUT2D eigenvalue weighted by Crippen LogP contribution is -2.14. The van der Waals surface area contributed by atoms with Crippen LogP contribution in [-0.4, -0.2) is 30.1 Å². The number of nitrogens with one attached hydrogen (secondary N) is 1. The van der Waals surface area contributed by atoms with Crippen molar-refractivity contribution >= 4 is 11.7 Å². The predicted molar refractivity (Wildman–Crippen MR) is 55.7 cm³/mol. The fourth-order valence-electron chi connectivity index (χ4n) is 1.63. The van der Waals surface area contributed by atoms with E-state index in [0.29, 0.717) is 23.6 Å². The molecule has 2 N–H and O–H groups in total. The summed E-state index contributed by atoms with van der Waals surface area (Å²) < 4.78 is 0. The van der Waals surface area contributed by atoms with Crippen molar-refractivity contribution in [1.82, 2.24) is 10.3 Å². The Morgan fingerprint density at radius 1 is 1.60 bits per heavy atom. The summed E-state index contributed by atoms with van der Waals surface area (Å²) in [5.41, 5.74) is 2.01. The summed E-state index contributed by atoms with van der Waals surface area (Å²) in [6.45, 7) is 0.323. The molecule has 0 unspecified atom stereocenters. The van der Waals surface area contributed by atoms with Crippen LogP contribution in [0.25, 0.3) is 0 Å². The van der Waals surface area contributed by atoms with Gasteiger partial charge in [0.15, 0.2) is 0 Å². The first kappa shape index (κ1) is 9.92. The highest BCUT2D eigenvalue weighted by molar-refractivity contribution is 5.99. The third kappa shape index (κ3) is 1.55. The first-order valence-corrected chi connectivity index (χ1v) is 4.72. The van der Waals surface area contributed by atoms with Crippen molar-refractivity contribution in [3.63, 3.8) is 0 Å². The number of hydrogen-bond acceptors (Lipinski definition) is 4. The molecule has 2 rings (SSSR count). The van der Waals surface area contributed by atoms with E-state index in [0.717, 1.165) is 5.56 Å². The minimum absolute atomic E-state index is 0.0924. The van der Waals surface area contributed by atoms with Crippen LogP contribution in [0.2, 0.25) is 0 Å². The van der Waals surface area contributed by atoms with Crippen LogP contribution in [0.1, 0.15) is 21.6 Å². The minimum Gasteiger partial charge on any atom is -0.390 e. The molecule has 0 atom stereocenters. The quantitative estimate of drug-likeness (QED) is 0.709. The normalized spacial score (nSPS) is 13.7. The molecular formula is C10H13N3O2. The molecular weight excluding hydrogens is 194 g/mol. The van der Waals surface area contributed by atoms with Crippen molar-refractivity contribution < 1.29 is 9.90 Å². The molecule has 2 heterocycles. The summed E-state index contributed by atoms with van der Waals surface area (Å²) in [7, 11) is 3.70. The molecule has 1 aliphatic heterocycles. The Morgan fingerprint density at radius 2 is 2.33 bits per heavy atom. The van der Waals surface area contributed by atoms with Gasteiger partial charge >= 0.3 is 0 Å². The van der Waals surface area contributed by atoms with Crippen LogP contribution >= 0.6 is 0 Å². The Labute approximate surface area is 87.7 Å². The predicted octanol–water partition coefficient (Wildman–Crippen LogP) is -0.117. The van der Waals surface area contributed by atoms with Gasteiger partial charge in [0.2, 0.25) is 0 Å². The standard InChI is InChI=1S/C10H13N3O2/c1-13(2)9-3-6-7(4-11-10(6)15)8(5-14)12-9/h3,14H,4-5H2,1-2H3,(H,11,15). The van der Waals surface area contributed by atoms with Gasteiger partial charge in [0, 0.05) is 31.8 Å². The number of anilines is 1. The Hall–Kier alpha value is -1.62. The lowest BCUT2D eigenvalue weighted by atomic mass is 10.1. The molecule has 0 radical (unpaired) electrons. The third-order valence-corrected chi connectivity index (χ3v) is 2.47. The molecule has 15 heavy (non-hydrogen) atoms. The molecule has 1 aliphatic rings. The lowest BCUT2D eigenvalue weighted by molar-refractivity contribution is 0.0966. The van der Waals surface area contributed by atoms with Gasteiger partial charge < -0.3 is 15.3 Å². The second-order valence-corrected chi connectivity index (χ2v) is 3.69. The van der Waals surface area contributed by atoms with Crippen LogP contribution in [0.3, 0.4) is 0 Å². The minimum atomic E-state index is -0.140. The highest BCUT2D eigenvalue weighted by Gasteiger charge is 2.23. The van der Waals surface area contributed by atoms with E-state index in [9.17, 15) is 9.90 Å². The summed E-state index contributed by atoms with van der Waals surface area (Å²) in [6.07, 6.45) is 0. The van der Waals surface area contributed by atoms with E-state index in [-0.39, 0.29) is 12.5 Å². The highest BCUT2D eigenvalue weighted by Crippen LogP contribution is 2.23. The van der Waals surface area contributed by atoms with Gasteiger partial charge in [-0.3, -0.25) is 4.79 Å². The van der Waals surface area contributed by atoms with E-state index in [1.807, 2.05) is 19.0 Å². The molecule has 0 aliphatic carbocycles. The number of nitrogens with zero attached hydrogens (tertiary/aromatic N) is 2. The van der Waals surface area contributed by atoms with Gasteiger partial charge in [0.05, 0.1) is 12.3 Å². The summed E-state index contributed by atoms with van der Waals surface area (Å²) in [5.74, 6) is 0.597. The van der Waals surface area contributed by atoms with E-state index in [1.54, 1.807) is 6.07 Å². The number of carbonyl (C=O) groups is 1. The number of amides is 1. The molecule has 5 heteroatoms. The topological polar surface area (TPSA) is 65.5 Å². The fourth-order valence-corrected chi connectivity index (χ4v) is 1.63. The van der Waals surface area contributed by atoms with Crippen LogP contribution in [0.15, 0.2) is 6.07 Å². The third-order valence-electron chi connectivity index (χ3n) is 2.47. The van der Waals surface area contributed by atoms with Crippen molar-refractivity contribution in [2.75, 3.05) is 19.0 Å². The van der Waals surface area contributed by atoms with Crippen LogP contribution in [-0.2, 0) is 13.2 Å². The number of carbonyl (C=O) groups excluding carboxylic acids is 1. The van der Waals surface area contributed by atoms with Crippen molar-refractivity contribution in [1.29, 1.82) is 0 Å². The number of rotatable bonds is 2. The second-order valence-electron chi connectivity index (χ2n) is 3.69. The van der Waals surface area contributed by atoms with E-state index in [2.05, 4.69) is 10.3 Å². The lowest BCUT2D eigenvalue weighted by Gasteiger charge is -2.14. The monoisotopic (exact) mass is 207 g/mol. The van der Waals surface area contributed by atoms with Gasteiger partial charge in [-0.15, -0.1) is 0 Å². The number of aliphatic hydroxyl groups is 1. The number of pyridine rings is 1. The highest BCUT2D eigenvalue weighted by atomic mass is 16.3. The molecule has 1 aromatic heterocycles. The van der Waals surface area contributed by atoms with Gasteiger partial charge in [-0.25, -0.2) is 4.98 Å². The van der Waals surface area contributed by atoms with Gasteiger partial charge in [0.25, 0.3) is 5.91 Å². The van der Waals surface area contributed by atoms with Crippen molar-refractivity contribution in [2.24, 2.45) is 0 Å². The maximum absolute atomic E-state index is 11.5. The molecule has 0 aromatic carbocycles. The molecule has 0 saturated heterocycles. The van der Waals surface area contributed by atoms with Crippen LogP contribution in [0, 0.1) is 0 Å². The summed E-state index contributed by atoms with van der Waals surface area (Å²) >= 11 is 0. The molecule has 0 spiro atoms. The molecule has 5 nitrogen and oxygen atoms in total. The summed E-state index contributed by atoms with van der Waals surface area (Å²) in [4.78, 5) is 17.6. The Morgan fingerprint density at radius 3 is 2.93 bits per heavy atom. The largest absolute Gasteiger partial charge is 0.390 e. The second kappa shape index (κ2) is 3.51. The van der Waals surface area contributed by atoms with Crippen molar-refractivity contribution in [2.45, 2.75) is 13.2 Å². The van der Waals surface area contributed by atoms with Crippen molar-refractivity contribution in [3.8, 4) is 0 Å². The van der Waals surface area contributed by atoms with Crippen LogP contribution < -0.4 is 10.2 Å². The molecule has 1 amide bonds. The SMILES string of the molecule is CN(C)c1cc2c(c(CO)n1)CNC2=O. The Bertz CT molecular complexity index is 415. The van der Waals surface area contributed by atoms with E-state index >= 15 is 0 Å². The molecule has 0 saturated carbocycles. The number of hydrogen-bond donors (Lipinski definition) is 2. The molecule has 80 valence electrons. The number of fused-ring (bicyclic) bond motifs is 1.